The molecular weight excluding hydrogens is 366 g/mol. The third-order valence-corrected chi connectivity index (χ3v) is 6.41. The molecule has 3 N–H and O–H groups in total. The highest BCUT2D eigenvalue weighted by Gasteiger charge is 2.27. The number of hydrogen-bond donors (Lipinski definition) is 2. The summed E-state index contributed by atoms with van der Waals surface area (Å²) in [6, 6.07) is 3.60. The fourth-order valence-corrected chi connectivity index (χ4v) is 5.25. The first-order chi connectivity index (χ1) is 11.5. The maximum atomic E-state index is 12.3. The van der Waals surface area contributed by atoms with Crippen molar-refractivity contribution in [2.75, 3.05) is 18.4 Å². The van der Waals surface area contributed by atoms with Crippen LogP contribution in [0.3, 0.4) is 0 Å². The van der Waals surface area contributed by atoms with E-state index in [1.165, 1.54) is 22.7 Å². The van der Waals surface area contributed by atoms with E-state index in [4.69, 9.17) is 17.3 Å². The monoisotopic (exact) mass is 383 g/mol. The number of halogens is 1. The zero-order valence-electron chi connectivity index (χ0n) is 13.2. The number of likely N-dealkylation sites (N-methyl/N-ethyl adjacent to an activating group) is 1. The molecule has 2 aromatic heterocycles. The molecular formula is C16H18ClN3O2S2. The number of carbonyl (C=O) groups excluding carboxylic acids is 2. The van der Waals surface area contributed by atoms with Crippen molar-refractivity contribution in [1.29, 1.82) is 0 Å². The van der Waals surface area contributed by atoms with E-state index in [0.29, 0.717) is 14.9 Å². The number of fused-ring (bicyclic) bond motifs is 1. The topological polar surface area (TPSA) is 75.4 Å². The number of nitrogens with zero attached hydrogens (tertiary/aromatic N) is 1. The lowest BCUT2D eigenvalue weighted by Crippen LogP contribution is -2.30. The van der Waals surface area contributed by atoms with Gasteiger partial charge in [-0.05, 0) is 30.7 Å². The van der Waals surface area contributed by atoms with Crippen LogP contribution in [0, 0.1) is 0 Å². The average molecular weight is 384 g/mol. The third-order valence-electron chi connectivity index (χ3n) is 4.05. The second kappa shape index (κ2) is 7.23. The molecule has 0 radical (unpaired) electrons. The molecule has 0 aromatic carbocycles. The molecule has 0 fully saturated rings. The third kappa shape index (κ3) is 3.64. The summed E-state index contributed by atoms with van der Waals surface area (Å²) in [4.78, 5) is 28.5. The Morgan fingerprint density at radius 2 is 2.17 bits per heavy atom. The first-order valence-corrected chi connectivity index (χ1v) is 9.69. The molecule has 1 aliphatic heterocycles. The molecule has 2 aromatic rings. The van der Waals surface area contributed by atoms with Crippen LogP contribution in [0.4, 0.5) is 5.00 Å². The molecule has 5 nitrogen and oxygen atoms in total. The zero-order chi connectivity index (χ0) is 17.3. The minimum Gasteiger partial charge on any atom is -0.365 e. The molecule has 24 heavy (non-hydrogen) atoms. The standard InChI is InChI=1S/C16H18ClN3O2S2/c1-2-20-6-5-10-11(8-20)24-16(14(10)15(18)22)19-13(21)7-9-3-4-12(17)23-9/h3-4H,2,5-8H2,1H3,(H2,18,22)(H,19,21). The highest BCUT2D eigenvalue weighted by atomic mass is 35.5. The van der Waals surface area contributed by atoms with Crippen molar-refractivity contribution in [3.8, 4) is 0 Å². The Bertz CT molecular complexity index is 784. The molecule has 0 bridgehead atoms. The van der Waals surface area contributed by atoms with Crippen molar-refractivity contribution < 1.29 is 9.59 Å². The molecule has 0 saturated carbocycles. The lowest BCUT2D eigenvalue weighted by Gasteiger charge is -2.25. The SMILES string of the molecule is CCN1CCc2c(sc(NC(=O)Cc3ccc(Cl)s3)c2C(N)=O)C1. The fraction of sp³-hybridized carbons (Fsp3) is 0.375. The largest absolute Gasteiger partial charge is 0.365 e. The van der Waals surface area contributed by atoms with E-state index in [-0.39, 0.29) is 12.3 Å². The number of amides is 2. The number of nitrogens with one attached hydrogen (secondary N) is 1. The first-order valence-electron chi connectivity index (χ1n) is 7.68. The van der Waals surface area contributed by atoms with Crippen LogP contribution < -0.4 is 11.1 Å². The van der Waals surface area contributed by atoms with Crippen molar-refractivity contribution >= 4 is 51.1 Å². The van der Waals surface area contributed by atoms with Crippen LogP contribution in [-0.4, -0.2) is 29.8 Å². The lowest BCUT2D eigenvalue weighted by atomic mass is 10.0. The Kier molecular flexibility index (Phi) is 5.24. The van der Waals surface area contributed by atoms with Crippen LogP contribution in [0.1, 0.15) is 32.6 Å². The van der Waals surface area contributed by atoms with Gasteiger partial charge in [0.2, 0.25) is 5.91 Å². The molecule has 3 rings (SSSR count). The number of carbonyl (C=O) groups is 2. The Labute approximate surface area is 153 Å². The van der Waals surface area contributed by atoms with E-state index in [1.807, 2.05) is 6.07 Å². The molecule has 0 spiro atoms. The van der Waals surface area contributed by atoms with Gasteiger partial charge in [0.25, 0.3) is 5.91 Å². The number of rotatable bonds is 5. The van der Waals surface area contributed by atoms with Crippen LogP contribution in [-0.2, 0) is 24.2 Å². The normalized spacial score (nSPS) is 14.4. The predicted molar refractivity (Wildman–Crippen MR) is 99.2 cm³/mol. The minimum absolute atomic E-state index is 0.165. The summed E-state index contributed by atoms with van der Waals surface area (Å²) in [5, 5.41) is 3.43. The van der Waals surface area contributed by atoms with Crippen molar-refractivity contribution in [3.63, 3.8) is 0 Å². The Balaban J connectivity index is 1.81. The Hall–Kier alpha value is -1.41. The van der Waals surface area contributed by atoms with Crippen molar-refractivity contribution in [3.05, 3.63) is 37.4 Å². The fourth-order valence-electron chi connectivity index (χ4n) is 2.85. The van der Waals surface area contributed by atoms with E-state index in [1.54, 1.807) is 6.07 Å². The molecule has 8 heteroatoms. The molecule has 128 valence electrons. The smallest absolute Gasteiger partial charge is 0.251 e. The Morgan fingerprint density at radius 1 is 1.38 bits per heavy atom. The summed E-state index contributed by atoms with van der Waals surface area (Å²) in [6.07, 6.45) is 1.02. The number of nitrogens with two attached hydrogens (primary N) is 1. The van der Waals surface area contributed by atoms with Crippen LogP contribution in [0.15, 0.2) is 12.1 Å². The van der Waals surface area contributed by atoms with Gasteiger partial charge in [-0.25, -0.2) is 0 Å². The number of thiophene rings is 2. The van der Waals surface area contributed by atoms with Gasteiger partial charge in [0.1, 0.15) is 5.00 Å². The van der Waals surface area contributed by atoms with Gasteiger partial charge in [0.05, 0.1) is 16.3 Å². The van der Waals surface area contributed by atoms with E-state index >= 15 is 0 Å². The molecule has 0 saturated heterocycles. The summed E-state index contributed by atoms with van der Waals surface area (Å²) in [5.74, 6) is -0.645. The number of hydrogen-bond acceptors (Lipinski definition) is 5. The second-order valence-corrected chi connectivity index (χ2v) is 8.53. The maximum absolute atomic E-state index is 12.3. The highest BCUT2D eigenvalue weighted by Crippen LogP contribution is 2.37. The van der Waals surface area contributed by atoms with Gasteiger partial charge in [-0.3, -0.25) is 14.5 Å². The summed E-state index contributed by atoms with van der Waals surface area (Å²) in [6.45, 7) is 4.78. The molecule has 1 aliphatic rings. The summed E-state index contributed by atoms with van der Waals surface area (Å²) in [7, 11) is 0. The first kappa shape index (κ1) is 17.4. The Morgan fingerprint density at radius 3 is 2.79 bits per heavy atom. The molecule has 3 heterocycles. The molecule has 0 atom stereocenters. The van der Waals surface area contributed by atoms with E-state index < -0.39 is 5.91 Å². The number of primary amides is 1. The number of anilines is 1. The molecule has 0 aliphatic carbocycles. The summed E-state index contributed by atoms with van der Waals surface area (Å²) in [5.41, 5.74) is 7.04. The van der Waals surface area contributed by atoms with E-state index in [0.717, 1.165) is 41.4 Å². The minimum atomic E-state index is -0.480. The maximum Gasteiger partial charge on any atom is 0.251 e. The van der Waals surface area contributed by atoms with Crippen molar-refractivity contribution in [2.45, 2.75) is 26.3 Å². The second-order valence-electron chi connectivity index (χ2n) is 5.62. The lowest BCUT2D eigenvalue weighted by molar-refractivity contribution is -0.115. The zero-order valence-corrected chi connectivity index (χ0v) is 15.6. The van der Waals surface area contributed by atoms with Gasteiger partial charge in [-0.15, -0.1) is 22.7 Å². The quantitative estimate of drug-likeness (QED) is 0.832. The van der Waals surface area contributed by atoms with Gasteiger partial charge in [-0.1, -0.05) is 18.5 Å². The van der Waals surface area contributed by atoms with Gasteiger partial charge >= 0.3 is 0 Å². The van der Waals surface area contributed by atoms with Crippen LogP contribution >= 0.6 is 34.3 Å². The van der Waals surface area contributed by atoms with Crippen LogP contribution in [0.5, 0.6) is 0 Å². The van der Waals surface area contributed by atoms with Crippen molar-refractivity contribution in [2.24, 2.45) is 5.73 Å². The molecule has 2 amide bonds. The summed E-state index contributed by atoms with van der Waals surface area (Å²) >= 11 is 8.72. The van der Waals surface area contributed by atoms with Gasteiger partial charge in [0.15, 0.2) is 0 Å². The molecule has 0 unspecified atom stereocenters. The average Bonchev–Trinajstić information content (AvgIpc) is 3.09. The van der Waals surface area contributed by atoms with Crippen LogP contribution in [0.2, 0.25) is 4.34 Å². The van der Waals surface area contributed by atoms with Crippen molar-refractivity contribution in [1.82, 2.24) is 4.90 Å². The van der Waals surface area contributed by atoms with Gasteiger partial charge < -0.3 is 11.1 Å². The predicted octanol–water partition coefficient (Wildman–Crippen LogP) is 3.12. The summed E-state index contributed by atoms with van der Waals surface area (Å²) < 4.78 is 0.655. The van der Waals surface area contributed by atoms with Gasteiger partial charge in [-0.2, -0.15) is 0 Å². The van der Waals surface area contributed by atoms with Gasteiger partial charge in [0, 0.05) is 22.8 Å². The van der Waals surface area contributed by atoms with E-state index in [9.17, 15) is 9.59 Å². The highest BCUT2D eigenvalue weighted by molar-refractivity contribution is 7.17. The van der Waals surface area contributed by atoms with Crippen LogP contribution in [0.25, 0.3) is 0 Å². The van der Waals surface area contributed by atoms with E-state index in [2.05, 4.69) is 17.1 Å².